The Morgan fingerprint density at radius 1 is 1.53 bits per heavy atom. The number of aromatic nitrogens is 1. The molecule has 1 aromatic rings. The van der Waals surface area contributed by atoms with E-state index in [0.717, 1.165) is 6.20 Å². The van der Waals surface area contributed by atoms with E-state index in [1.54, 1.807) is 0 Å². The van der Waals surface area contributed by atoms with E-state index in [1.165, 1.54) is 6.20 Å². The van der Waals surface area contributed by atoms with E-state index in [0.29, 0.717) is 5.75 Å². The molecule has 0 aliphatic carbocycles. The highest BCUT2D eigenvalue weighted by molar-refractivity contribution is 7.80. The molecule has 0 saturated heterocycles. The summed E-state index contributed by atoms with van der Waals surface area (Å²) in [5.74, 6) is 0.375. The van der Waals surface area contributed by atoms with Crippen molar-refractivity contribution in [2.45, 2.75) is 18.6 Å². The summed E-state index contributed by atoms with van der Waals surface area (Å²) in [6.07, 6.45) is 0.0469. The molecule has 0 saturated carbocycles. The van der Waals surface area contributed by atoms with Crippen LogP contribution in [0.2, 0.25) is 0 Å². The van der Waals surface area contributed by atoms with Crippen LogP contribution in [0, 0.1) is 10.1 Å². The van der Waals surface area contributed by atoms with Crippen LogP contribution in [0.5, 0.6) is 0 Å². The number of aliphatic hydroxyl groups excluding tert-OH is 2. The van der Waals surface area contributed by atoms with Crippen molar-refractivity contribution >= 4 is 24.0 Å². The minimum absolute atomic E-state index is 0.0495. The summed E-state index contributed by atoms with van der Waals surface area (Å²) in [5, 5.41) is 30.0. The zero-order chi connectivity index (χ0) is 13.0. The summed E-state index contributed by atoms with van der Waals surface area (Å²) in [6.45, 7) is 0. The van der Waals surface area contributed by atoms with E-state index in [-0.39, 0.29) is 23.4 Å². The second kappa shape index (κ2) is 5.80. The van der Waals surface area contributed by atoms with Crippen LogP contribution in [-0.4, -0.2) is 32.0 Å². The smallest absolute Gasteiger partial charge is 0.310 e. The number of hydrogen-bond donors (Lipinski definition) is 4. The van der Waals surface area contributed by atoms with Crippen LogP contribution in [0.4, 0.5) is 11.4 Å². The maximum atomic E-state index is 10.6. The molecular weight excluding hydrogens is 246 g/mol. The van der Waals surface area contributed by atoms with E-state index >= 15 is 0 Å². The third kappa shape index (κ3) is 3.05. The minimum Gasteiger partial charge on any atom is -0.393 e. The first kappa shape index (κ1) is 13.7. The summed E-state index contributed by atoms with van der Waals surface area (Å²) in [4.78, 5) is 13.5. The van der Waals surface area contributed by atoms with Crippen LogP contribution >= 0.6 is 12.6 Å². The summed E-state index contributed by atoms with van der Waals surface area (Å²) < 4.78 is 0. The first-order valence-electron chi connectivity index (χ1n) is 4.83. The highest BCUT2D eigenvalue weighted by Gasteiger charge is 2.24. The molecule has 1 aromatic heterocycles. The summed E-state index contributed by atoms with van der Waals surface area (Å²) in [6, 6.07) is 0. The number of hydrogen-bond acceptors (Lipinski definition) is 7. The molecule has 2 atom stereocenters. The lowest BCUT2D eigenvalue weighted by atomic mass is 10.0. The zero-order valence-electron chi connectivity index (χ0n) is 8.85. The van der Waals surface area contributed by atoms with Crippen molar-refractivity contribution < 1.29 is 15.1 Å². The van der Waals surface area contributed by atoms with E-state index in [9.17, 15) is 20.3 Å². The maximum absolute atomic E-state index is 10.6. The standard InChI is InChI=1S/C9H13N3O4S/c10-8-5(9(14)7(13)1-2-17)3-11-4-6(8)12(15)16/h3-4,7,9,13-14,17H,1-2H2,(H2,10,11). The van der Waals surface area contributed by atoms with Gasteiger partial charge in [0.25, 0.3) is 0 Å². The maximum Gasteiger partial charge on any atom is 0.310 e. The fourth-order valence-electron chi connectivity index (χ4n) is 1.35. The van der Waals surface area contributed by atoms with Gasteiger partial charge in [-0.15, -0.1) is 0 Å². The Kier molecular flexibility index (Phi) is 4.67. The number of rotatable bonds is 5. The lowest BCUT2D eigenvalue weighted by molar-refractivity contribution is -0.384. The third-order valence-corrected chi connectivity index (χ3v) is 2.56. The van der Waals surface area contributed by atoms with E-state index < -0.39 is 17.1 Å². The van der Waals surface area contributed by atoms with Gasteiger partial charge in [-0.1, -0.05) is 0 Å². The van der Waals surface area contributed by atoms with Crippen LogP contribution in [0.3, 0.4) is 0 Å². The molecule has 0 bridgehead atoms. The van der Waals surface area contributed by atoms with Crippen LogP contribution < -0.4 is 5.73 Å². The number of pyridine rings is 1. The Morgan fingerprint density at radius 2 is 2.18 bits per heavy atom. The van der Waals surface area contributed by atoms with Crippen molar-refractivity contribution in [2.75, 3.05) is 11.5 Å². The molecule has 0 fully saturated rings. The van der Waals surface area contributed by atoms with Gasteiger partial charge in [-0.05, 0) is 12.2 Å². The van der Waals surface area contributed by atoms with Crippen LogP contribution in [0.25, 0.3) is 0 Å². The average Bonchev–Trinajstić information content (AvgIpc) is 2.28. The molecule has 4 N–H and O–H groups in total. The van der Waals surface area contributed by atoms with Crippen molar-refractivity contribution in [1.29, 1.82) is 0 Å². The van der Waals surface area contributed by atoms with Gasteiger partial charge < -0.3 is 15.9 Å². The third-order valence-electron chi connectivity index (χ3n) is 2.30. The molecule has 0 aliphatic rings. The Labute approximate surface area is 103 Å². The second-order valence-electron chi connectivity index (χ2n) is 3.44. The van der Waals surface area contributed by atoms with Gasteiger partial charge in [0.15, 0.2) is 0 Å². The number of thiol groups is 1. The number of nitrogen functional groups attached to an aromatic ring is 1. The molecule has 2 unspecified atom stereocenters. The molecule has 7 nitrogen and oxygen atoms in total. The van der Waals surface area contributed by atoms with Crippen molar-refractivity contribution in [3.8, 4) is 0 Å². The Hall–Kier alpha value is -1.38. The highest BCUT2D eigenvalue weighted by Crippen LogP contribution is 2.30. The minimum atomic E-state index is -1.31. The van der Waals surface area contributed by atoms with Gasteiger partial charge in [0.1, 0.15) is 18.0 Å². The van der Waals surface area contributed by atoms with Crippen LogP contribution in [0.1, 0.15) is 18.1 Å². The molecule has 0 amide bonds. The molecule has 1 rings (SSSR count). The van der Waals surface area contributed by atoms with Crippen molar-refractivity contribution in [1.82, 2.24) is 4.98 Å². The molecule has 0 radical (unpaired) electrons. The van der Waals surface area contributed by atoms with Crippen molar-refractivity contribution in [3.05, 3.63) is 28.1 Å². The quantitative estimate of drug-likeness (QED) is 0.342. The fraction of sp³-hybridized carbons (Fsp3) is 0.444. The fourth-order valence-corrected chi connectivity index (χ4v) is 1.62. The first-order valence-corrected chi connectivity index (χ1v) is 5.47. The summed E-state index contributed by atoms with van der Waals surface area (Å²) in [5.41, 5.74) is 5.02. The SMILES string of the molecule is Nc1c(C(O)C(O)CCS)cncc1[N+](=O)[O-]. The van der Waals surface area contributed by atoms with Gasteiger partial charge >= 0.3 is 5.69 Å². The van der Waals surface area contributed by atoms with Gasteiger partial charge in [0.05, 0.1) is 11.0 Å². The van der Waals surface area contributed by atoms with Gasteiger partial charge in [-0.3, -0.25) is 15.1 Å². The predicted molar refractivity (Wildman–Crippen MR) is 64.7 cm³/mol. The average molecular weight is 259 g/mol. The Balaban J connectivity index is 3.06. The number of aliphatic hydroxyl groups is 2. The predicted octanol–water partition coefficient (Wildman–Crippen LogP) is 0.286. The first-order chi connectivity index (χ1) is 7.99. The number of nitrogens with zero attached hydrogens (tertiary/aromatic N) is 2. The van der Waals surface area contributed by atoms with Crippen molar-refractivity contribution in [2.24, 2.45) is 0 Å². The largest absolute Gasteiger partial charge is 0.393 e. The zero-order valence-corrected chi connectivity index (χ0v) is 9.75. The number of nitrogens with two attached hydrogens (primary N) is 1. The summed E-state index contributed by atoms with van der Waals surface area (Å²) in [7, 11) is 0. The van der Waals surface area contributed by atoms with Crippen LogP contribution in [-0.2, 0) is 0 Å². The van der Waals surface area contributed by atoms with E-state index in [4.69, 9.17) is 5.73 Å². The van der Waals surface area contributed by atoms with Gasteiger partial charge in [-0.25, -0.2) is 0 Å². The molecule has 1 heterocycles. The normalized spacial score (nSPS) is 14.3. The highest BCUT2D eigenvalue weighted by atomic mass is 32.1. The number of nitro groups is 1. The molecule has 94 valence electrons. The molecule has 0 aromatic carbocycles. The van der Waals surface area contributed by atoms with Crippen LogP contribution in [0.15, 0.2) is 12.4 Å². The molecule has 8 heteroatoms. The monoisotopic (exact) mass is 259 g/mol. The van der Waals surface area contributed by atoms with Gasteiger partial charge in [0.2, 0.25) is 0 Å². The lowest BCUT2D eigenvalue weighted by Crippen LogP contribution is -2.20. The lowest BCUT2D eigenvalue weighted by Gasteiger charge is -2.18. The second-order valence-corrected chi connectivity index (χ2v) is 3.89. The molecule has 0 spiro atoms. The molecular formula is C9H13N3O4S. The Morgan fingerprint density at radius 3 is 2.71 bits per heavy atom. The summed E-state index contributed by atoms with van der Waals surface area (Å²) >= 11 is 3.92. The van der Waals surface area contributed by atoms with E-state index in [1.807, 2.05) is 0 Å². The van der Waals surface area contributed by atoms with Crippen molar-refractivity contribution in [3.63, 3.8) is 0 Å². The molecule has 17 heavy (non-hydrogen) atoms. The topological polar surface area (TPSA) is 123 Å². The van der Waals surface area contributed by atoms with Gasteiger partial charge in [-0.2, -0.15) is 12.6 Å². The number of anilines is 1. The Bertz CT molecular complexity index is 415. The van der Waals surface area contributed by atoms with E-state index in [2.05, 4.69) is 17.6 Å². The molecule has 0 aliphatic heterocycles. The van der Waals surface area contributed by atoms with Gasteiger partial charge in [0, 0.05) is 11.8 Å².